The Bertz CT molecular complexity index is 622. The number of aromatic nitrogens is 1. The van der Waals surface area contributed by atoms with E-state index in [1.54, 1.807) is 0 Å². The third kappa shape index (κ3) is 4.82. The van der Waals surface area contributed by atoms with Gasteiger partial charge in [-0.25, -0.2) is 4.98 Å². The molecule has 0 saturated carbocycles. The minimum atomic E-state index is 0.158. The topological polar surface area (TPSA) is 45.2 Å². The van der Waals surface area contributed by atoms with Gasteiger partial charge < -0.3 is 10.2 Å². The van der Waals surface area contributed by atoms with Gasteiger partial charge in [0, 0.05) is 32.3 Å². The van der Waals surface area contributed by atoms with Gasteiger partial charge in [-0.2, -0.15) is 0 Å². The fraction of sp³-hybridized carbons (Fsp3) is 0.400. The average molecular weight is 323 g/mol. The molecule has 4 heteroatoms. The first-order chi connectivity index (χ1) is 11.8. The fourth-order valence-corrected chi connectivity index (χ4v) is 3.16. The Morgan fingerprint density at radius 2 is 1.83 bits per heavy atom. The van der Waals surface area contributed by atoms with Gasteiger partial charge in [0.1, 0.15) is 5.82 Å². The fourth-order valence-electron chi connectivity index (χ4n) is 3.16. The van der Waals surface area contributed by atoms with Crippen molar-refractivity contribution in [3.05, 3.63) is 60.3 Å². The van der Waals surface area contributed by atoms with Gasteiger partial charge in [0.25, 0.3) is 0 Å². The molecule has 1 aliphatic rings. The highest BCUT2D eigenvalue weighted by Gasteiger charge is 2.20. The van der Waals surface area contributed by atoms with E-state index in [9.17, 15) is 4.79 Å². The lowest BCUT2D eigenvalue weighted by Crippen LogP contribution is -2.39. The molecule has 126 valence electrons. The van der Waals surface area contributed by atoms with Gasteiger partial charge in [-0.1, -0.05) is 36.4 Å². The van der Waals surface area contributed by atoms with E-state index in [1.807, 2.05) is 36.5 Å². The molecule has 1 N–H and O–H groups in total. The van der Waals surface area contributed by atoms with E-state index < -0.39 is 0 Å². The predicted octanol–water partition coefficient (Wildman–Crippen LogP) is 3.05. The summed E-state index contributed by atoms with van der Waals surface area (Å²) < 4.78 is 0. The third-order valence-electron chi connectivity index (χ3n) is 4.66. The standard InChI is InChI=1S/C20H25N3O/c24-20(10-9-17-6-2-1-3-7-17)22-16-18-11-14-23(15-12-18)19-8-4-5-13-21-19/h1-8,13,18H,9-12,14-16H2,(H,22,24). The number of carbonyl (C=O) groups excluding carboxylic acids is 1. The number of benzene rings is 1. The molecule has 1 amide bonds. The summed E-state index contributed by atoms with van der Waals surface area (Å²) in [6.07, 6.45) is 5.43. The largest absolute Gasteiger partial charge is 0.357 e. The van der Waals surface area contributed by atoms with Gasteiger partial charge in [0.2, 0.25) is 5.91 Å². The summed E-state index contributed by atoms with van der Waals surface area (Å²) >= 11 is 0. The van der Waals surface area contributed by atoms with Crippen molar-refractivity contribution in [1.82, 2.24) is 10.3 Å². The highest BCUT2D eigenvalue weighted by molar-refractivity contribution is 5.76. The highest BCUT2D eigenvalue weighted by Crippen LogP contribution is 2.20. The van der Waals surface area contributed by atoms with Gasteiger partial charge in [-0.15, -0.1) is 0 Å². The lowest BCUT2D eigenvalue weighted by Gasteiger charge is -2.32. The van der Waals surface area contributed by atoms with E-state index in [2.05, 4.69) is 33.4 Å². The maximum absolute atomic E-state index is 12.0. The molecule has 0 spiro atoms. The minimum absolute atomic E-state index is 0.158. The van der Waals surface area contributed by atoms with E-state index in [0.717, 1.165) is 44.7 Å². The van der Waals surface area contributed by atoms with Gasteiger partial charge in [0.15, 0.2) is 0 Å². The molecule has 0 radical (unpaired) electrons. The van der Waals surface area contributed by atoms with Crippen LogP contribution in [-0.2, 0) is 11.2 Å². The molecule has 1 fully saturated rings. The molecule has 0 bridgehead atoms. The summed E-state index contributed by atoms with van der Waals surface area (Å²) in [6, 6.07) is 16.2. The number of anilines is 1. The van der Waals surface area contributed by atoms with Crippen LogP contribution in [0.3, 0.4) is 0 Å². The van der Waals surface area contributed by atoms with Crippen LogP contribution in [0.2, 0.25) is 0 Å². The second kappa shape index (κ2) is 8.48. The Balaban J connectivity index is 1.35. The predicted molar refractivity (Wildman–Crippen MR) is 96.9 cm³/mol. The van der Waals surface area contributed by atoms with Crippen LogP contribution in [0, 0.1) is 5.92 Å². The average Bonchev–Trinajstić information content (AvgIpc) is 2.67. The van der Waals surface area contributed by atoms with E-state index in [0.29, 0.717) is 12.3 Å². The number of pyridine rings is 1. The quantitative estimate of drug-likeness (QED) is 0.889. The number of rotatable bonds is 6. The van der Waals surface area contributed by atoms with E-state index >= 15 is 0 Å². The first-order valence-electron chi connectivity index (χ1n) is 8.78. The number of hydrogen-bond donors (Lipinski definition) is 1. The molecule has 1 aromatic carbocycles. The number of nitrogens with one attached hydrogen (secondary N) is 1. The molecular formula is C20H25N3O. The maximum Gasteiger partial charge on any atom is 0.220 e. The number of amides is 1. The Kier molecular flexibility index (Phi) is 5.83. The van der Waals surface area contributed by atoms with Crippen LogP contribution in [0.1, 0.15) is 24.8 Å². The van der Waals surface area contributed by atoms with Crippen LogP contribution in [0.25, 0.3) is 0 Å². The van der Waals surface area contributed by atoms with Gasteiger partial charge in [-0.3, -0.25) is 4.79 Å². The van der Waals surface area contributed by atoms with Crippen molar-refractivity contribution in [2.45, 2.75) is 25.7 Å². The highest BCUT2D eigenvalue weighted by atomic mass is 16.1. The first kappa shape index (κ1) is 16.5. The summed E-state index contributed by atoms with van der Waals surface area (Å²) in [5.74, 6) is 1.79. The van der Waals surface area contributed by atoms with Crippen molar-refractivity contribution in [3.8, 4) is 0 Å². The molecule has 3 rings (SSSR count). The minimum Gasteiger partial charge on any atom is -0.357 e. The number of hydrogen-bond acceptors (Lipinski definition) is 3. The number of piperidine rings is 1. The van der Waals surface area contributed by atoms with E-state index in [1.165, 1.54) is 5.56 Å². The molecule has 24 heavy (non-hydrogen) atoms. The number of aryl methyl sites for hydroxylation is 1. The Morgan fingerprint density at radius 1 is 1.08 bits per heavy atom. The van der Waals surface area contributed by atoms with Crippen LogP contribution < -0.4 is 10.2 Å². The molecular weight excluding hydrogens is 298 g/mol. The molecule has 4 nitrogen and oxygen atoms in total. The second-order valence-corrected chi connectivity index (χ2v) is 6.41. The van der Waals surface area contributed by atoms with Gasteiger partial charge >= 0.3 is 0 Å². The smallest absolute Gasteiger partial charge is 0.220 e. The lowest BCUT2D eigenvalue weighted by molar-refractivity contribution is -0.121. The number of nitrogens with zero attached hydrogens (tertiary/aromatic N) is 2. The van der Waals surface area contributed by atoms with Crippen molar-refractivity contribution >= 4 is 11.7 Å². The van der Waals surface area contributed by atoms with Crippen LogP contribution in [-0.4, -0.2) is 30.5 Å². The SMILES string of the molecule is O=C(CCc1ccccc1)NCC1CCN(c2ccccn2)CC1. The summed E-state index contributed by atoms with van der Waals surface area (Å²) in [5, 5.41) is 3.10. The zero-order valence-electron chi connectivity index (χ0n) is 14.0. The van der Waals surface area contributed by atoms with E-state index in [-0.39, 0.29) is 5.91 Å². The monoisotopic (exact) mass is 323 g/mol. The van der Waals surface area contributed by atoms with Crippen molar-refractivity contribution < 1.29 is 4.79 Å². The van der Waals surface area contributed by atoms with Gasteiger partial charge in [0.05, 0.1) is 0 Å². The molecule has 1 aliphatic heterocycles. The Labute approximate surface area is 143 Å². The van der Waals surface area contributed by atoms with Crippen LogP contribution in [0.15, 0.2) is 54.7 Å². The van der Waals surface area contributed by atoms with E-state index in [4.69, 9.17) is 0 Å². The normalized spacial score (nSPS) is 15.2. The van der Waals surface area contributed by atoms with Crippen LogP contribution in [0.4, 0.5) is 5.82 Å². The summed E-state index contributed by atoms with van der Waals surface area (Å²) in [4.78, 5) is 18.8. The zero-order chi connectivity index (χ0) is 16.6. The van der Waals surface area contributed by atoms with Crippen LogP contribution in [0.5, 0.6) is 0 Å². The van der Waals surface area contributed by atoms with Gasteiger partial charge in [-0.05, 0) is 42.9 Å². The zero-order valence-corrected chi connectivity index (χ0v) is 14.0. The molecule has 2 aromatic rings. The summed E-state index contributed by atoms with van der Waals surface area (Å²) in [6.45, 7) is 2.83. The summed E-state index contributed by atoms with van der Waals surface area (Å²) in [7, 11) is 0. The van der Waals surface area contributed by atoms with Crippen LogP contribution >= 0.6 is 0 Å². The maximum atomic E-state index is 12.0. The second-order valence-electron chi connectivity index (χ2n) is 6.41. The molecule has 1 saturated heterocycles. The molecule has 0 atom stereocenters. The third-order valence-corrected chi connectivity index (χ3v) is 4.66. The van der Waals surface area contributed by atoms with Crippen molar-refractivity contribution in [1.29, 1.82) is 0 Å². The number of carbonyl (C=O) groups is 1. The first-order valence-corrected chi connectivity index (χ1v) is 8.78. The lowest BCUT2D eigenvalue weighted by atomic mass is 9.96. The van der Waals surface area contributed by atoms with Crippen molar-refractivity contribution in [3.63, 3.8) is 0 Å². The Hall–Kier alpha value is -2.36. The molecule has 0 unspecified atom stereocenters. The molecule has 1 aromatic heterocycles. The summed E-state index contributed by atoms with van der Waals surface area (Å²) in [5.41, 5.74) is 1.22. The molecule has 2 heterocycles. The van der Waals surface area contributed by atoms with Crippen molar-refractivity contribution in [2.75, 3.05) is 24.5 Å². The Morgan fingerprint density at radius 3 is 2.54 bits per heavy atom. The molecule has 0 aliphatic carbocycles. The van der Waals surface area contributed by atoms with Crippen molar-refractivity contribution in [2.24, 2.45) is 5.92 Å².